The lowest BCUT2D eigenvalue weighted by molar-refractivity contribution is -0.139. The van der Waals surface area contributed by atoms with Gasteiger partial charge in [0, 0.05) is 18.5 Å². The monoisotopic (exact) mass is 442 g/mol. The number of ether oxygens (including phenoxy) is 1. The fourth-order valence-corrected chi connectivity index (χ4v) is 5.11. The van der Waals surface area contributed by atoms with Crippen LogP contribution in [-0.4, -0.2) is 54.3 Å². The third-order valence-electron chi connectivity index (χ3n) is 7.22. The molecule has 1 aliphatic carbocycles. The zero-order valence-electron chi connectivity index (χ0n) is 18.5. The van der Waals surface area contributed by atoms with Gasteiger partial charge in [0.05, 0.1) is 5.56 Å². The molecule has 174 valence electrons. The van der Waals surface area contributed by atoms with E-state index in [9.17, 15) is 18.0 Å². The van der Waals surface area contributed by atoms with E-state index in [-0.39, 0.29) is 29.5 Å². The van der Waals surface area contributed by atoms with Crippen LogP contribution in [0.5, 0.6) is 5.75 Å². The SMILES string of the molecule is CCC1(N(C)C)CCC(Cc2cc(O[C@@H]3CN[C@H](C(=O)O)C3)ccc2C(F)(F)F)CC1. The molecule has 2 atom stereocenters. The van der Waals surface area contributed by atoms with E-state index in [1.807, 2.05) is 0 Å². The molecule has 1 aliphatic heterocycles. The molecule has 2 N–H and O–H groups in total. The summed E-state index contributed by atoms with van der Waals surface area (Å²) < 4.78 is 46.8. The average Bonchev–Trinajstić information content (AvgIpc) is 3.16. The highest BCUT2D eigenvalue weighted by molar-refractivity contribution is 5.73. The van der Waals surface area contributed by atoms with Gasteiger partial charge in [-0.15, -0.1) is 0 Å². The second kappa shape index (κ2) is 9.36. The predicted octanol–water partition coefficient (Wildman–Crippen LogP) is 4.34. The summed E-state index contributed by atoms with van der Waals surface area (Å²) in [4.78, 5) is 13.4. The predicted molar refractivity (Wildman–Crippen MR) is 112 cm³/mol. The Bertz CT molecular complexity index is 774. The van der Waals surface area contributed by atoms with E-state index < -0.39 is 23.8 Å². The molecular formula is C23H33F3N2O3. The molecule has 0 amide bonds. The van der Waals surface area contributed by atoms with Crippen molar-refractivity contribution in [3.05, 3.63) is 29.3 Å². The van der Waals surface area contributed by atoms with Crippen molar-refractivity contribution in [2.75, 3.05) is 20.6 Å². The van der Waals surface area contributed by atoms with Gasteiger partial charge in [-0.05, 0) is 82.3 Å². The lowest BCUT2D eigenvalue weighted by Gasteiger charge is -2.45. The van der Waals surface area contributed by atoms with Gasteiger partial charge in [-0.25, -0.2) is 0 Å². The number of nitrogens with zero attached hydrogens (tertiary/aromatic N) is 1. The largest absolute Gasteiger partial charge is 0.489 e. The minimum Gasteiger partial charge on any atom is -0.489 e. The summed E-state index contributed by atoms with van der Waals surface area (Å²) in [5.74, 6) is -0.370. The van der Waals surface area contributed by atoms with Gasteiger partial charge in [0.1, 0.15) is 17.9 Å². The molecular weight excluding hydrogens is 409 g/mol. The number of nitrogens with one attached hydrogen (secondary N) is 1. The number of benzene rings is 1. The highest BCUT2D eigenvalue weighted by Crippen LogP contribution is 2.41. The number of carboxylic acid groups (broad SMARTS) is 1. The van der Waals surface area contributed by atoms with Crippen molar-refractivity contribution in [2.45, 2.75) is 75.7 Å². The Morgan fingerprint density at radius 3 is 2.48 bits per heavy atom. The van der Waals surface area contributed by atoms with E-state index >= 15 is 0 Å². The first-order valence-corrected chi connectivity index (χ1v) is 11.0. The number of aliphatic carboxylic acids is 1. The van der Waals surface area contributed by atoms with Gasteiger partial charge in [-0.2, -0.15) is 13.2 Å². The molecule has 2 fully saturated rings. The number of carboxylic acids is 1. The minimum atomic E-state index is -4.41. The lowest BCUT2D eigenvalue weighted by atomic mass is 9.72. The van der Waals surface area contributed by atoms with Crippen LogP contribution in [-0.2, 0) is 17.4 Å². The summed E-state index contributed by atoms with van der Waals surface area (Å²) in [5, 5.41) is 11.9. The maximum atomic E-state index is 13.6. The van der Waals surface area contributed by atoms with Gasteiger partial charge >= 0.3 is 12.1 Å². The first kappa shape index (κ1) is 23.9. The standard InChI is InChI=1S/C23H33F3N2O3/c1-4-22(28(2)3)9-7-15(8-10-22)11-16-12-17(5-6-19(16)23(24,25)26)31-18-13-20(21(29)30)27-14-18/h5-6,12,15,18,20,27H,4,7-11,13-14H2,1-3H3,(H,29,30)/t15?,18-,20-,22?/m0/s1. The van der Waals surface area contributed by atoms with Gasteiger partial charge in [-0.3, -0.25) is 4.79 Å². The third-order valence-corrected chi connectivity index (χ3v) is 7.22. The van der Waals surface area contributed by atoms with Crippen LogP contribution in [0.25, 0.3) is 0 Å². The Kier molecular flexibility index (Phi) is 7.21. The van der Waals surface area contributed by atoms with Crippen LogP contribution in [0.3, 0.4) is 0 Å². The minimum absolute atomic E-state index is 0.143. The molecule has 3 rings (SSSR count). The first-order chi connectivity index (χ1) is 14.5. The van der Waals surface area contributed by atoms with Crippen molar-refractivity contribution in [1.29, 1.82) is 0 Å². The Morgan fingerprint density at radius 1 is 1.29 bits per heavy atom. The normalized spacial score (nSPS) is 29.3. The quantitative estimate of drug-likeness (QED) is 0.658. The van der Waals surface area contributed by atoms with Gasteiger partial charge in [0.25, 0.3) is 0 Å². The van der Waals surface area contributed by atoms with E-state index in [1.165, 1.54) is 12.1 Å². The molecule has 5 nitrogen and oxygen atoms in total. The summed E-state index contributed by atoms with van der Waals surface area (Å²) in [6, 6.07) is 3.26. The second-order valence-electron chi connectivity index (χ2n) is 9.21. The van der Waals surface area contributed by atoms with Crippen molar-refractivity contribution in [1.82, 2.24) is 10.2 Å². The van der Waals surface area contributed by atoms with Crippen molar-refractivity contribution in [3.63, 3.8) is 0 Å². The van der Waals surface area contributed by atoms with Gasteiger partial charge < -0.3 is 20.1 Å². The van der Waals surface area contributed by atoms with Crippen molar-refractivity contribution in [2.24, 2.45) is 5.92 Å². The summed E-state index contributed by atoms with van der Waals surface area (Å²) in [6.07, 6.45) is 0.705. The average molecular weight is 443 g/mol. The van der Waals surface area contributed by atoms with E-state index in [2.05, 4.69) is 31.2 Å². The number of hydrogen-bond donors (Lipinski definition) is 2. The number of carbonyl (C=O) groups is 1. The van der Waals surface area contributed by atoms with E-state index in [1.54, 1.807) is 0 Å². The molecule has 0 unspecified atom stereocenters. The van der Waals surface area contributed by atoms with Gasteiger partial charge in [0.15, 0.2) is 0 Å². The maximum absolute atomic E-state index is 13.6. The van der Waals surface area contributed by atoms with Crippen LogP contribution in [0, 0.1) is 5.92 Å². The van der Waals surface area contributed by atoms with E-state index in [0.717, 1.165) is 38.2 Å². The van der Waals surface area contributed by atoms with Crippen molar-refractivity contribution >= 4 is 5.97 Å². The summed E-state index contributed by atoms with van der Waals surface area (Å²) in [5.41, 5.74) is -0.192. The fourth-order valence-electron chi connectivity index (χ4n) is 5.11. The Labute approximate surface area is 181 Å². The van der Waals surface area contributed by atoms with Crippen LogP contribution < -0.4 is 10.1 Å². The van der Waals surface area contributed by atoms with Crippen LogP contribution in [0.2, 0.25) is 0 Å². The highest BCUT2D eigenvalue weighted by Gasteiger charge is 2.38. The van der Waals surface area contributed by atoms with E-state index in [4.69, 9.17) is 9.84 Å². The Hall–Kier alpha value is -1.80. The zero-order valence-corrected chi connectivity index (χ0v) is 18.5. The van der Waals surface area contributed by atoms with Crippen LogP contribution >= 0.6 is 0 Å². The third kappa shape index (κ3) is 5.52. The maximum Gasteiger partial charge on any atom is 0.416 e. The summed E-state index contributed by atoms with van der Waals surface area (Å²) in [6.45, 7) is 2.54. The number of halogens is 3. The Balaban J connectivity index is 1.72. The fraction of sp³-hybridized carbons (Fsp3) is 0.696. The zero-order chi connectivity index (χ0) is 22.8. The molecule has 8 heteroatoms. The molecule has 1 aromatic carbocycles. The molecule has 0 bridgehead atoms. The van der Waals surface area contributed by atoms with Crippen LogP contribution in [0.4, 0.5) is 13.2 Å². The number of hydrogen-bond acceptors (Lipinski definition) is 4. The molecule has 0 aromatic heterocycles. The summed E-state index contributed by atoms with van der Waals surface area (Å²) >= 11 is 0. The summed E-state index contributed by atoms with van der Waals surface area (Å²) in [7, 11) is 4.17. The van der Waals surface area contributed by atoms with E-state index in [0.29, 0.717) is 18.7 Å². The number of alkyl halides is 3. The van der Waals surface area contributed by atoms with Gasteiger partial charge in [0.2, 0.25) is 0 Å². The molecule has 1 saturated carbocycles. The second-order valence-corrected chi connectivity index (χ2v) is 9.21. The highest BCUT2D eigenvalue weighted by atomic mass is 19.4. The molecule has 1 heterocycles. The molecule has 0 radical (unpaired) electrons. The molecule has 2 aliphatic rings. The number of rotatable bonds is 7. The van der Waals surface area contributed by atoms with Gasteiger partial charge in [-0.1, -0.05) is 6.92 Å². The van der Waals surface area contributed by atoms with Crippen molar-refractivity contribution < 1.29 is 27.8 Å². The smallest absolute Gasteiger partial charge is 0.416 e. The molecule has 0 spiro atoms. The topological polar surface area (TPSA) is 61.8 Å². The molecule has 31 heavy (non-hydrogen) atoms. The van der Waals surface area contributed by atoms with Crippen LogP contribution in [0.15, 0.2) is 18.2 Å². The lowest BCUT2D eigenvalue weighted by Crippen LogP contribution is -2.46. The van der Waals surface area contributed by atoms with Crippen LogP contribution in [0.1, 0.15) is 56.6 Å². The molecule has 1 saturated heterocycles. The first-order valence-electron chi connectivity index (χ1n) is 11.0. The van der Waals surface area contributed by atoms with Crippen molar-refractivity contribution in [3.8, 4) is 5.75 Å². The molecule has 1 aromatic rings. The Morgan fingerprint density at radius 2 is 1.97 bits per heavy atom.